The predicted molar refractivity (Wildman–Crippen MR) is 78.9 cm³/mol. The highest BCUT2D eigenvalue weighted by molar-refractivity contribution is 7.99. The van der Waals surface area contributed by atoms with E-state index in [0.717, 1.165) is 19.3 Å². The average Bonchev–Trinajstić information content (AvgIpc) is 2.82. The van der Waals surface area contributed by atoms with Crippen molar-refractivity contribution in [2.45, 2.75) is 50.4 Å². The van der Waals surface area contributed by atoms with Crippen LogP contribution < -0.4 is 16.4 Å². The summed E-state index contributed by atoms with van der Waals surface area (Å²) in [6.07, 6.45) is 5.29. The summed E-state index contributed by atoms with van der Waals surface area (Å²) in [5.74, 6) is -0.324. The molecule has 5 nitrogen and oxygen atoms in total. The van der Waals surface area contributed by atoms with Crippen molar-refractivity contribution in [1.82, 2.24) is 10.6 Å². The van der Waals surface area contributed by atoms with Gasteiger partial charge in [-0.3, -0.25) is 9.59 Å². The normalized spacial score (nSPS) is 24.3. The predicted octanol–water partition coefficient (Wildman–Crippen LogP) is 0.486. The van der Waals surface area contributed by atoms with Crippen molar-refractivity contribution >= 4 is 23.6 Å². The molecule has 0 saturated heterocycles. The molecule has 2 unspecified atom stereocenters. The number of hydrogen-bond donors (Lipinski definition) is 3. The molecule has 0 bridgehead atoms. The summed E-state index contributed by atoms with van der Waals surface area (Å²) in [7, 11) is 0. The lowest BCUT2D eigenvalue weighted by Crippen LogP contribution is -2.48. The van der Waals surface area contributed by atoms with Crippen molar-refractivity contribution in [2.75, 3.05) is 12.8 Å². The molecular weight excluding hydrogens is 262 g/mol. The molecular formula is C13H25N3O2S. The molecule has 1 rings (SSSR count). The van der Waals surface area contributed by atoms with Gasteiger partial charge in [-0.1, -0.05) is 13.8 Å². The van der Waals surface area contributed by atoms with Gasteiger partial charge in [0.1, 0.15) is 0 Å². The standard InChI is InChI=1S/C13H25N3O2S/c1-8(2)12(14)13(18)15-7-11(17)16-9-4-5-10(6-9)19-3/h8-10,12H,4-7,14H2,1-3H3,(H,15,18)(H,16,17)/t9?,10?,12-/m0/s1. The quantitative estimate of drug-likeness (QED) is 0.664. The number of nitrogens with one attached hydrogen (secondary N) is 2. The second kappa shape index (κ2) is 7.75. The molecule has 0 aromatic heterocycles. The fraction of sp³-hybridized carbons (Fsp3) is 0.846. The Bertz CT molecular complexity index is 323. The highest BCUT2D eigenvalue weighted by Gasteiger charge is 2.25. The second-order valence-corrected chi connectivity index (χ2v) is 6.56. The maximum atomic E-state index is 11.7. The Balaban J connectivity index is 2.23. The molecule has 110 valence electrons. The minimum Gasteiger partial charge on any atom is -0.352 e. The summed E-state index contributed by atoms with van der Waals surface area (Å²) in [6, 6.07) is -0.305. The van der Waals surface area contributed by atoms with Crippen LogP contribution in [0.2, 0.25) is 0 Å². The van der Waals surface area contributed by atoms with Gasteiger partial charge in [-0.25, -0.2) is 0 Å². The summed E-state index contributed by atoms with van der Waals surface area (Å²) >= 11 is 1.85. The first-order valence-electron chi connectivity index (χ1n) is 6.79. The molecule has 0 heterocycles. The third-order valence-electron chi connectivity index (χ3n) is 3.53. The zero-order chi connectivity index (χ0) is 14.4. The molecule has 1 aliphatic carbocycles. The van der Waals surface area contributed by atoms with Crippen LogP contribution in [0.4, 0.5) is 0 Å². The van der Waals surface area contributed by atoms with E-state index in [-0.39, 0.29) is 30.3 Å². The van der Waals surface area contributed by atoms with Crippen LogP contribution in [-0.4, -0.2) is 41.9 Å². The van der Waals surface area contributed by atoms with E-state index in [1.54, 1.807) is 0 Å². The second-order valence-electron chi connectivity index (χ2n) is 5.42. The first kappa shape index (κ1) is 16.3. The van der Waals surface area contributed by atoms with Crippen LogP contribution in [0.1, 0.15) is 33.1 Å². The van der Waals surface area contributed by atoms with Gasteiger partial charge in [0.2, 0.25) is 11.8 Å². The highest BCUT2D eigenvalue weighted by Crippen LogP contribution is 2.27. The van der Waals surface area contributed by atoms with Gasteiger partial charge in [-0.15, -0.1) is 0 Å². The van der Waals surface area contributed by atoms with E-state index in [4.69, 9.17) is 5.73 Å². The maximum absolute atomic E-state index is 11.7. The van der Waals surface area contributed by atoms with Gasteiger partial charge in [-0.05, 0) is 31.4 Å². The summed E-state index contributed by atoms with van der Waals surface area (Å²) < 4.78 is 0. The number of carbonyl (C=O) groups excluding carboxylic acids is 2. The smallest absolute Gasteiger partial charge is 0.239 e. The van der Waals surface area contributed by atoms with Gasteiger partial charge in [-0.2, -0.15) is 11.8 Å². The Morgan fingerprint density at radius 1 is 1.37 bits per heavy atom. The molecule has 0 aromatic carbocycles. The summed E-state index contributed by atoms with van der Waals surface area (Å²) in [5.41, 5.74) is 5.70. The minimum atomic E-state index is -0.555. The number of nitrogens with two attached hydrogens (primary N) is 1. The lowest BCUT2D eigenvalue weighted by atomic mass is 10.1. The van der Waals surface area contributed by atoms with Crippen molar-refractivity contribution in [2.24, 2.45) is 11.7 Å². The van der Waals surface area contributed by atoms with E-state index in [2.05, 4.69) is 16.9 Å². The highest BCUT2D eigenvalue weighted by atomic mass is 32.2. The number of amides is 2. The summed E-state index contributed by atoms with van der Waals surface area (Å²) in [6.45, 7) is 3.77. The van der Waals surface area contributed by atoms with Gasteiger partial charge in [0.25, 0.3) is 0 Å². The van der Waals surface area contributed by atoms with Crippen LogP contribution in [0.3, 0.4) is 0 Å². The molecule has 0 aromatic rings. The average molecular weight is 287 g/mol. The molecule has 0 spiro atoms. The fourth-order valence-electron chi connectivity index (χ4n) is 2.15. The molecule has 1 saturated carbocycles. The van der Waals surface area contributed by atoms with Gasteiger partial charge >= 0.3 is 0 Å². The van der Waals surface area contributed by atoms with Crippen LogP contribution in [-0.2, 0) is 9.59 Å². The summed E-state index contributed by atoms with van der Waals surface area (Å²) in [5, 5.41) is 6.19. The lowest BCUT2D eigenvalue weighted by Gasteiger charge is -2.16. The van der Waals surface area contributed by atoms with E-state index in [9.17, 15) is 9.59 Å². The van der Waals surface area contributed by atoms with Gasteiger partial charge in [0.05, 0.1) is 12.6 Å². The Morgan fingerprint density at radius 2 is 2.05 bits per heavy atom. The van der Waals surface area contributed by atoms with Crippen LogP contribution >= 0.6 is 11.8 Å². The molecule has 6 heteroatoms. The Hall–Kier alpha value is -0.750. The maximum Gasteiger partial charge on any atom is 0.239 e. The third kappa shape index (κ3) is 5.40. The number of thioether (sulfide) groups is 1. The lowest BCUT2D eigenvalue weighted by molar-refractivity contribution is -0.127. The SMILES string of the molecule is CSC1CCC(NC(=O)CNC(=O)[C@@H](N)C(C)C)C1. The largest absolute Gasteiger partial charge is 0.352 e. The van der Waals surface area contributed by atoms with Crippen molar-refractivity contribution in [3.8, 4) is 0 Å². The first-order chi connectivity index (χ1) is 8.93. The zero-order valence-electron chi connectivity index (χ0n) is 11.9. The Kier molecular flexibility index (Phi) is 6.65. The summed E-state index contributed by atoms with van der Waals surface area (Å²) in [4.78, 5) is 23.3. The van der Waals surface area contributed by atoms with Crippen molar-refractivity contribution in [3.63, 3.8) is 0 Å². The first-order valence-corrected chi connectivity index (χ1v) is 8.08. The zero-order valence-corrected chi connectivity index (χ0v) is 12.8. The van der Waals surface area contributed by atoms with Crippen molar-refractivity contribution < 1.29 is 9.59 Å². The molecule has 19 heavy (non-hydrogen) atoms. The van der Waals surface area contributed by atoms with Crippen molar-refractivity contribution in [3.05, 3.63) is 0 Å². The van der Waals surface area contributed by atoms with Gasteiger partial charge < -0.3 is 16.4 Å². The fourth-order valence-corrected chi connectivity index (χ4v) is 2.95. The molecule has 1 aliphatic rings. The van der Waals surface area contributed by atoms with E-state index in [1.165, 1.54) is 0 Å². The van der Waals surface area contributed by atoms with Crippen LogP contribution in [0.15, 0.2) is 0 Å². The number of carbonyl (C=O) groups is 2. The van der Waals surface area contributed by atoms with Gasteiger partial charge in [0, 0.05) is 11.3 Å². The monoisotopic (exact) mass is 287 g/mol. The molecule has 1 fully saturated rings. The van der Waals surface area contributed by atoms with E-state index in [1.807, 2.05) is 25.6 Å². The van der Waals surface area contributed by atoms with E-state index >= 15 is 0 Å². The molecule has 3 atom stereocenters. The molecule has 4 N–H and O–H groups in total. The Labute approximate surface area is 119 Å². The third-order valence-corrected chi connectivity index (χ3v) is 4.62. The van der Waals surface area contributed by atoms with Gasteiger partial charge in [0.15, 0.2) is 0 Å². The number of hydrogen-bond acceptors (Lipinski definition) is 4. The van der Waals surface area contributed by atoms with E-state index in [0.29, 0.717) is 5.25 Å². The minimum absolute atomic E-state index is 0.0136. The molecule has 0 radical (unpaired) electrons. The number of rotatable bonds is 6. The topological polar surface area (TPSA) is 84.2 Å². The molecule has 0 aliphatic heterocycles. The van der Waals surface area contributed by atoms with Crippen LogP contribution in [0.5, 0.6) is 0 Å². The molecule has 2 amide bonds. The Morgan fingerprint density at radius 3 is 2.58 bits per heavy atom. The van der Waals surface area contributed by atoms with Crippen LogP contribution in [0, 0.1) is 5.92 Å². The van der Waals surface area contributed by atoms with Crippen molar-refractivity contribution in [1.29, 1.82) is 0 Å². The van der Waals surface area contributed by atoms with E-state index < -0.39 is 6.04 Å². The van der Waals surface area contributed by atoms with Crippen LogP contribution in [0.25, 0.3) is 0 Å².